The second-order valence-corrected chi connectivity index (χ2v) is 11.6. The first-order valence-electron chi connectivity index (χ1n) is 12.6. The SMILES string of the molecule is CCCOC(=O)NC(C(=O)N1CCCC1C(=O)NCC1CCC(N)CC1)C(C)(C)SCCC. The van der Waals surface area contributed by atoms with Gasteiger partial charge in [-0.25, -0.2) is 4.79 Å². The van der Waals surface area contributed by atoms with E-state index in [-0.39, 0.29) is 17.9 Å². The number of ether oxygens (including phenoxy) is 1. The molecule has 1 aliphatic carbocycles. The molecule has 1 aliphatic heterocycles. The van der Waals surface area contributed by atoms with Crippen molar-refractivity contribution in [2.75, 3.05) is 25.4 Å². The number of amides is 3. The summed E-state index contributed by atoms with van der Waals surface area (Å²) in [4.78, 5) is 40.7. The summed E-state index contributed by atoms with van der Waals surface area (Å²) in [6.07, 6.45) is 6.57. The van der Waals surface area contributed by atoms with Gasteiger partial charge in [-0.2, -0.15) is 11.8 Å². The Morgan fingerprint density at radius 2 is 1.82 bits per heavy atom. The van der Waals surface area contributed by atoms with Crippen LogP contribution in [0.4, 0.5) is 4.79 Å². The molecular formula is C24H44N4O4S. The van der Waals surface area contributed by atoms with E-state index in [1.54, 1.807) is 16.7 Å². The number of alkyl carbamates (subject to hydrolysis) is 1. The molecule has 2 rings (SSSR count). The van der Waals surface area contributed by atoms with Crippen LogP contribution in [0.2, 0.25) is 0 Å². The molecule has 0 aromatic rings. The van der Waals surface area contributed by atoms with Crippen molar-refractivity contribution in [3.63, 3.8) is 0 Å². The number of thioether (sulfide) groups is 1. The molecule has 2 unspecified atom stereocenters. The third kappa shape index (κ3) is 8.35. The average Bonchev–Trinajstić information content (AvgIpc) is 3.29. The van der Waals surface area contributed by atoms with Crippen LogP contribution in [0.3, 0.4) is 0 Å². The molecule has 2 aliphatic rings. The first-order chi connectivity index (χ1) is 15.7. The van der Waals surface area contributed by atoms with E-state index >= 15 is 0 Å². The minimum absolute atomic E-state index is 0.0953. The number of nitrogens with two attached hydrogens (primary N) is 1. The van der Waals surface area contributed by atoms with Gasteiger partial charge in [-0.3, -0.25) is 9.59 Å². The number of hydrogen-bond acceptors (Lipinski definition) is 6. The number of nitrogens with one attached hydrogen (secondary N) is 2. The highest BCUT2D eigenvalue weighted by Gasteiger charge is 2.44. The summed E-state index contributed by atoms with van der Waals surface area (Å²) in [5, 5.41) is 5.89. The van der Waals surface area contributed by atoms with Crippen molar-refractivity contribution in [1.82, 2.24) is 15.5 Å². The molecule has 0 radical (unpaired) electrons. The highest BCUT2D eigenvalue weighted by Crippen LogP contribution is 2.32. The lowest BCUT2D eigenvalue weighted by atomic mass is 9.86. The van der Waals surface area contributed by atoms with E-state index in [1.165, 1.54) is 0 Å². The molecule has 2 fully saturated rings. The van der Waals surface area contributed by atoms with Crippen LogP contribution >= 0.6 is 11.8 Å². The molecule has 1 saturated heterocycles. The van der Waals surface area contributed by atoms with Crippen molar-refractivity contribution in [3.8, 4) is 0 Å². The number of nitrogens with zero attached hydrogens (tertiary/aromatic N) is 1. The first-order valence-corrected chi connectivity index (χ1v) is 13.6. The second kappa shape index (κ2) is 13.4. The quantitative estimate of drug-likeness (QED) is 0.415. The first kappa shape index (κ1) is 27.8. The standard InChI is InChI=1S/C24H44N4O4S/c1-5-14-32-23(31)27-20(24(3,4)33-15-6-2)22(30)28-13-7-8-19(28)21(29)26-16-17-9-11-18(25)12-10-17/h17-20H,5-16,25H2,1-4H3,(H,26,29)(H,27,31). The van der Waals surface area contributed by atoms with Crippen molar-refractivity contribution in [3.05, 3.63) is 0 Å². The third-order valence-electron chi connectivity index (χ3n) is 6.61. The average molecular weight is 485 g/mol. The van der Waals surface area contributed by atoms with E-state index in [0.29, 0.717) is 38.5 Å². The van der Waals surface area contributed by atoms with Gasteiger partial charge in [-0.15, -0.1) is 0 Å². The third-order valence-corrected chi connectivity index (χ3v) is 8.21. The van der Waals surface area contributed by atoms with Crippen molar-refractivity contribution in [2.24, 2.45) is 11.7 Å². The van der Waals surface area contributed by atoms with Gasteiger partial charge in [0.05, 0.1) is 6.61 Å². The van der Waals surface area contributed by atoms with Crippen LogP contribution in [0.15, 0.2) is 0 Å². The van der Waals surface area contributed by atoms with Crippen molar-refractivity contribution in [2.45, 2.75) is 102 Å². The summed E-state index contributed by atoms with van der Waals surface area (Å²) in [5.41, 5.74) is 5.99. The molecule has 1 saturated carbocycles. The molecule has 0 spiro atoms. The zero-order valence-corrected chi connectivity index (χ0v) is 21.7. The Morgan fingerprint density at radius 3 is 2.45 bits per heavy atom. The molecule has 0 aromatic heterocycles. The lowest BCUT2D eigenvalue weighted by Gasteiger charge is -2.37. The van der Waals surface area contributed by atoms with Gasteiger partial charge in [0.15, 0.2) is 0 Å². The maximum atomic E-state index is 13.7. The Bertz CT molecular complexity index is 652. The zero-order valence-electron chi connectivity index (χ0n) is 20.9. The van der Waals surface area contributed by atoms with E-state index in [2.05, 4.69) is 17.6 Å². The monoisotopic (exact) mass is 484 g/mol. The van der Waals surface area contributed by atoms with Crippen LogP contribution in [0, 0.1) is 5.92 Å². The number of likely N-dealkylation sites (tertiary alicyclic amines) is 1. The van der Waals surface area contributed by atoms with E-state index in [1.807, 2.05) is 20.8 Å². The lowest BCUT2D eigenvalue weighted by molar-refractivity contribution is -0.140. The van der Waals surface area contributed by atoms with Crippen molar-refractivity contribution in [1.29, 1.82) is 0 Å². The van der Waals surface area contributed by atoms with Crippen LogP contribution in [0.5, 0.6) is 0 Å². The van der Waals surface area contributed by atoms with Gasteiger partial charge < -0.3 is 26.0 Å². The van der Waals surface area contributed by atoms with Crippen LogP contribution in [-0.4, -0.2) is 71.1 Å². The Morgan fingerprint density at radius 1 is 1.12 bits per heavy atom. The number of carbonyl (C=O) groups is 3. The summed E-state index contributed by atoms with van der Waals surface area (Å²) in [6, 6.07) is -0.986. The molecule has 4 N–H and O–H groups in total. The Kier molecular flexibility index (Phi) is 11.3. The summed E-state index contributed by atoms with van der Waals surface area (Å²) in [6.45, 7) is 9.40. The minimum Gasteiger partial charge on any atom is -0.450 e. The summed E-state index contributed by atoms with van der Waals surface area (Å²) < 4.78 is 4.66. The summed E-state index contributed by atoms with van der Waals surface area (Å²) in [5.74, 6) is 1.02. The Labute approximate surface area is 203 Å². The molecule has 2 atom stereocenters. The molecule has 3 amide bonds. The van der Waals surface area contributed by atoms with Gasteiger partial charge in [0.1, 0.15) is 12.1 Å². The maximum absolute atomic E-state index is 13.7. The van der Waals surface area contributed by atoms with Crippen LogP contribution in [-0.2, 0) is 14.3 Å². The summed E-state index contributed by atoms with van der Waals surface area (Å²) in [7, 11) is 0. The van der Waals surface area contributed by atoms with Crippen molar-refractivity contribution >= 4 is 29.7 Å². The molecule has 9 heteroatoms. The molecule has 0 bridgehead atoms. The zero-order chi connectivity index (χ0) is 24.4. The van der Waals surface area contributed by atoms with Crippen LogP contribution in [0.1, 0.15) is 79.1 Å². The van der Waals surface area contributed by atoms with E-state index in [0.717, 1.165) is 44.3 Å². The van der Waals surface area contributed by atoms with Crippen LogP contribution < -0.4 is 16.4 Å². The molecule has 8 nitrogen and oxygen atoms in total. The fraction of sp³-hybridized carbons (Fsp3) is 0.875. The topological polar surface area (TPSA) is 114 Å². The molecule has 190 valence electrons. The fourth-order valence-electron chi connectivity index (χ4n) is 4.56. The van der Waals surface area contributed by atoms with Gasteiger partial charge in [-0.1, -0.05) is 13.8 Å². The smallest absolute Gasteiger partial charge is 0.407 e. The Hall–Kier alpha value is -1.48. The normalized spacial score (nSPS) is 24.3. The molecule has 0 aromatic carbocycles. The van der Waals surface area contributed by atoms with Gasteiger partial charge in [0.2, 0.25) is 11.8 Å². The van der Waals surface area contributed by atoms with E-state index in [4.69, 9.17) is 10.5 Å². The van der Waals surface area contributed by atoms with Gasteiger partial charge in [0, 0.05) is 23.9 Å². The van der Waals surface area contributed by atoms with Gasteiger partial charge in [-0.05, 0) is 76.9 Å². The second-order valence-electron chi connectivity index (χ2n) is 9.88. The Balaban J connectivity index is 2.05. The highest BCUT2D eigenvalue weighted by atomic mass is 32.2. The van der Waals surface area contributed by atoms with E-state index < -0.39 is 22.9 Å². The largest absolute Gasteiger partial charge is 0.450 e. The van der Waals surface area contributed by atoms with Crippen molar-refractivity contribution < 1.29 is 19.1 Å². The molecule has 1 heterocycles. The lowest BCUT2D eigenvalue weighted by Crippen LogP contribution is -2.60. The number of hydrogen-bond donors (Lipinski definition) is 3. The van der Waals surface area contributed by atoms with Gasteiger partial charge >= 0.3 is 6.09 Å². The minimum atomic E-state index is -0.772. The highest BCUT2D eigenvalue weighted by molar-refractivity contribution is 8.00. The fourth-order valence-corrected chi connectivity index (χ4v) is 5.62. The van der Waals surface area contributed by atoms with Crippen LogP contribution in [0.25, 0.3) is 0 Å². The number of carbonyl (C=O) groups excluding carboxylic acids is 3. The molecular weight excluding hydrogens is 440 g/mol. The number of rotatable bonds is 11. The summed E-state index contributed by atoms with van der Waals surface area (Å²) >= 11 is 1.65. The maximum Gasteiger partial charge on any atom is 0.407 e. The molecule has 33 heavy (non-hydrogen) atoms. The van der Waals surface area contributed by atoms with E-state index in [9.17, 15) is 14.4 Å². The van der Waals surface area contributed by atoms with Gasteiger partial charge in [0.25, 0.3) is 0 Å². The predicted molar refractivity (Wildman–Crippen MR) is 133 cm³/mol. The predicted octanol–water partition coefficient (Wildman–Crippen LogP) is 3.04.